The standard InChI is InChI=1S/C18H28N4O.2ClH/c1-21-9-11-22(12-10-21)14-15-3-2-4-16(13-15)18(23)20-17-5-7-19-8-6-17;;/h2-4,13,17,19H,5-12,14H2,1H3,(H,20,23);2*1H. The lowest BCUT2D eigenvalue weighted by atomic mass is 10.1. The zero-order valence-corrected chi connectivity index (χ0v) is 16.5. The van der Waals surface area contributed by atoms with Gasteiger partial charge in [0, 0.05) is 44.3 Å². The fraction of sp³-hybridized carbons (Fsp3) is 0.611. The summed E-state index contributed by atoms with van der Waals surface area (Å²) in [5, 5.41) is 6.50. The molecule has 0 unspecified atom stereocenters. The summed E-state index contributed by atoms with van der Waals surface area (Å²) in [7, 11) is 2.17. The molecule has 5 nitrogen and oxygen atoms in total. The molecule has 0 aromatic heterocycles. The number of nitrogens with zero attached hydrogens (tertiary/aromatic N) is 2. The molecule has 0 bridgehead atoms. The first-order chi connectivity index (χ1) is 11.2. The summed E-state index contributed by atoms with van der Waals surface area (Å²) >= 11 is 0. The Balaban J connectivity index is 0.00000156. The zero-order valence-electron chi connectivity index (χ0n) is 14.9. The number of rotatable bonds is 4. The quantitative estimate of drug-likeness (QED) is 0.824. The number of hydrogen-bond acceptors (Lipinski definition) is 4. The topological polar surface area (TPSA) is 47.6 Å². The number of piperidine rings is 1. The molecular formula is C18H30Cl2N4O. The Hall–Kier alpha value is -0.850. The highest BCUT2D eigenvalue weighted by Crippen LogP contribution is 2.11. The van der Waals surface area contributed by atoms with Crippen molar-refractivity contribution < 1.29 is 4.79 Å². The summed E-state index contributed by atoms with van der Waals surface area (Å²) in [4.78, 5) is 17.3. The first-order valence-electron chi connectivity index (χ1n) is 8.72. The average molecular weight is 389 g/mol. The van der Waals surface area contributed by atoms with E-state index in [1.54, 1.807) is 0 Å². The molecule has 25 heavy (non-hydrogen) atoms. The maximum absolute atomic E-state index is 12.4. The smallest absolute Gasteiger partial charge is 0.251 e. The number of carbonyl (C=O) groups is 1. The number of carbonyl (C=O) groups excluding carboxylic acids is 1. The van der Waals surface area contributed by atoms with Crippen LogP contribution in [-0.2, 0) is 6.54 Å². The number of piperazine rings is 1. The van der Waals surface area contributed by atoms with Gasteiger partial charge in [0.25, 0.3) is 5.91 Å². The van der Waals surface area contributed by atoms with Crippen molar-refractivity contribution in [3.05, 3.63) is 35.4 Å². The summed E-state index contributed by atoms with van der Waals surface area (Å²) in [6.07, 6.45) is 2.04. The van der Waals surface area contributed by atoms with E-state index in [-0.39, 0.29) is 30.7 Å². The first kappa shape index (κ1) is 22.2. The second kappa shape index (κ2) is 11.0. The highest BCUT2D eigenvalue weighted by molar-refractivity contribution is 5.94. The van der Waals surface area contributed by atoms with Crippen molar-refractivity contribution in [3.8, 4) is 0 Å². The molecule has 0 atom stereocenters. The minimum Gasteiger partial charge on any atom is -0.349 e. The van der Waals surface area contributed by atoms with E-state index in [0.717, 1.165) is 64.2 Å². The van der Waals surface area contributed by atoms with Crippen LogP contribution in [0.25, 0.3) is 0 Å². The molecule has 0 aliphatic carbocycles. The largest absolute Gasteiger partial charge is 0.349 e. The molecule has 2 fully saturated rings. The van der Waals surface area contributed by atoms with Crippen LogP contribution in [0, 0.1) is 0 Å². The molecule has 2 aliphatic rings. The fourth-order valence-electron chi connectivity index (χ4n) is 3.31. The van der Waals surface area contributed by atoms with E-state index in [1.807, 2.05) is 12.1 Å². The van der Waals surface area contributed by atoms with E-state index < -0.39 is 0 Å². The Kier molecular flexibility index (Phi) is 9.75. The van der Waals surface area contributed by atoms with Crippen LogP contribution in [0.5, 0.6) is 0 Å². The van der Waals surface area contributed by atoms with Crippen LogP contribution in [0.3, 0.4) is 0 Å². The van der Waals surface area contributed by atoms with Crippen LogP contribution >= 0.6 is 24.8 Å². The maximum Gasteiger partial charge on any atom is 0.251 e. The van der Waals surface area contributed by atoms with Crippen LogP contribution in [0.2, 0.25) is 0 Å². The number of likely N-dealkylation sites (N-methyl/N-ethyl adjacent to an activating group) is 1. The molecular weight excluding hydrogens is 359 g/mol. The predicted molar refractivity (Wildman–Crippen MR) is 107 cm³/mol. The van der Waals surface area contributed by atoms with Gasteiger partial charge in [-0.2, -0.15) is 0 Å². The van der Waals surface area contributed by atoms with Gasteiger partial charge in [-0.05, 0) is 50.7 Å². The second-order valence-electron chi connectivity index (χ2n) is 6.78. The van der Waals surface area contributed by atoms with Crippen molar-refractivity contribution >= 4 is 30.7 Å². The number of amides is 1. The third-order valence-electron chi connectivity index (χ3n) is 4.87. The summed E-state index contributed by atoms with van der Waals surface area (Å²) in [6, 6.07) is 8.41. The van der Waals surface area contributed by atoms with Crippen LogP contribution < -0.4 is 10.6 Å². The van der Waals surface area contributed by atoms with Gasteiger partial charge in [-0.1, -0.05) is 12.1 Å². The monoisotopic (exact) mass is 388 g/mol. The predicted octanol–water partition coefficient (Wildman–Crippen LogP) is 1.76. The SMILES string of the molecule is CN1CCN(Cc2cccc(C(=O)NC3CCNCC3)c2)CC1.Cl.Cl. The van der Waals surface area contributed by atoms with Gasteiger partial charge in [-0.3, -0.25) is 9.69 Å². The third kappa shape index (κ3) is 6.76. The third-order valence-corrected chi connectivity index (χ3v) is 4.87. The van der Waals surface area contributed by atoms with Crippen LogP contribution in [0.15, 0.2) is 24.3 Å². The Morgan fingerprint density at radius 2 is 1.84 bits per heavy atom. The zero-order chi connectivity index (χ0) is 16.1. The van der Waals surface area contributed by atoms with Gasteiger partial charge in [-0.25, -0.2) is 0 Å². The van der Waals surface area contributed by atoms with E-state index in [9.17, 15) is 4.79 Å². The molecule has 0 saturated carbocycles. The molecule has 2 saturated heterocycles. The Morgan fingerprint density at radius 1 is 1.16 bits per heavy atom. The van der Waals surface area contributed by atoms with Crippen LogP contribution in [0.4, 0.5) is 0 Å². The van der Waals surface area contributed by atoms with E-state index in [1.165, 1.54) is 5.56 Å². The van der Waals surface area contributed by atoms with Gasteiger partial charge in [0.1, 0.15) is 0 Å². The lowest BCUT2D eigenvalue weighted by molar-refractivity contribution is 0.0929. The van der Waals surface area contributed by atoms with Crippen LogP contribution in [0.1, 0.15) is 28.8 Å². The molecule has 7 heteroatoms. The van der Waals surface area contributed by atoms with Crippen molar-refractivity contribution in [2.45, 2.75) is 25.4 Å². The number of hydrogen-bond donors (Lipinski definition) is 2. The molecule has 1 aromatic rings. The lowest BCUT2D eigenvalue weighted by Crippen LogP contribution is -2.44. The van der Waals surface area contributed by atoms with Crippen molar-refractivity contribution in [3.63, 3.8) is 0 Å². The molecule has 2 N–H and O–H groups in total. The number of halogens is 2. The van der Waals surface area contributed by atoms with E-state index >= 15 is 0 Å². The average Bonchev–Trinajstić information content (AvgIpc) is 2.58. The summed E-state index contributed by atoms with van der Waals surface area (Å²) in [5.41, 5.74) is 2.02. The maximum atomic E-state index is 12.4. The second-order valence-corrected chi connectivity index (χ2v) is 6.78. The highest BCUT2D eigenvalue weighted by Gasteiger charge is 2.17. The Labute approximate surface area is 163 Å². The summed E-state index contributed by atoms with van der Waals surface area (Å²) in [6.45, 7) is 7.36. The molecule has 3 rings (SSSR count). The van der Waals surface area contributed by atoms with E-state index in [2.05, 4.69) is 39.6 Å². The van der Waals surface area contributed by atoms with E-state index in [4.69, 9.17) is 0 Å². The molecule has 2 heterocycles. The molecule has 0 spiro atoms. The number of benzene rings is 1. The number of nitrogens with one attached hydrogen (secondary N) is 2. The highest BCUT2D eigenvalue weighted by atomic mass is 35.5. The molecule has 1 amide bonds. The fourth-order valence-corrected chi connectivity index (χ4v) is 3.31. The minimum atomic E-state index is 0. The molecule has 2 aliphatic heterocycles. The van der Waals surface area contributed by atoms with Gasteiger partial charge in [0.15, 0.2) is 0 Å². The van der Waals surface area contributed by atoms with Gasteiger partial charge >= 0.3 is 0 Å². The summed E-state index contributed by atoms with van der Waals surface area (Å²) < 4.78 is 0. The van der Waals surface area contributed by atoms with Crippen molar-refractivity contribution in [2.24, 2.45) is 0 Å². The minimum absolute atomic E-state index is 0. The van der Waals surface area contributed by atoms with Gasteiger partial charge in [-0.15, -0.1) is 24.8 Å². The molecule has 142 valence electrons. The normalized spacial score (nSPS) is 19.6. The Morgan fingerprint density at radius 3 is 2.52 bits per heavy atom. The summed E-state index contributed by atoms with van der Waals surface area (Å²) in [5.74, 6) is 0.0668. The molecule has 1 aromatic carbocycles. The first-order valence-corrected chi connectivity index (χ1v) is 8.72. The van der Waals surface area contributed by atoms with Crippen LogP contribution in [-0.4, -0.2) is 68.1 Å². The van der Waals surface area contributed by atoms with Gasteiger partial charge in [0.05, 0.1) is 0 Å². The Bertz CT molecular complexity index is 530. The van der Waals surface area contributed by atoms with Gasteiger partial charge < -0.3 is 15.5 Å². The van der Waals surface area contributed by atoms with Gasteiger partial charge in [0.2, 0.25) is 0 Å². The van der Waals surface area contributed by atoms with Crippen molar-refractivity contribution in [1.82, 2.24) is 20.4 Å². The van der Waals surface area contributed by atoms with Crippen molar-refractivity contribution in [2.75, 3.05) is 46.3 Å². The van der Waals surface area contributed by atoms with Crippen molar-refractivity contribution in [1.29, 1.82) is 0 Å². The lowest BCUT2D eigenvalue weighted by Gasteiger charge is -2.32. The van der Waals surface area contributed by atoms with E-state index in [0.29, 0.717) is 6.04 Å². The molecule has 0 radical (unpaired) electrons.